The molecule has 1 aromatic carbocycles. The van der Waals surface area contributed by atoms with Gasteiger partial charge in [0, 0.05) is 19.0 Å². The van der Waals surface area contributed by atoms with Crippen molar-refractivity contribution in [1.82, 2.24) is 0 Å². The third kappa shape index (κ3) is 7.01. The lowest BCUT2D eigenvalue weighted by Gasteiger charge is -2.05. The van der Waals surface area contributed by atoms with Crippen molar-refractivity contribution >= 4 is 28.5 Å². The second kappa shape index (κ2) is 8.75. The molecule has 1 N–H and O–H groups in total. The summed E-state index contributed by atoms with van der Waals surface area (Å²) in [7, 11) is 0. The highest BCUT2D eigenvalue weighted by Crippen LogP contribution is 2.14. The molecule has 0 spiro atoms. The number of aryl methyl sites for hydroxylation is 1. The molecule has 0 radical (unpaired) electrons. The minimum absolute atomic E-state index is 0.0484. The number of nitrogens with one attached hydrogen (secondary N) is 1. The predicted molar refractivity (Wildman–Crippen MR) is 81.4 cm³/mol. The summed E-state index contributed by atoms with van der Waals surface area (Å²) < 4.78 is 0. The highest BCUT2D eigenvalue weighted by atomic mass is 32.2. The monoisotopic (exact) mass is 279 g/mol. The molecule has 0 saturated heterocycles. The molecular weight excluding hydrogens is 258 g/mol. The van der Waals surface area contributed by atoms with E-state index in [1.807, 2.05) is 24.5 Å². The maximum Gasteiger partial charge on any atom is 0.221 e. The normalized spacial score (nSPS) is 10.2. The fourth-order valence-corrected chi connectivity index (χ4v) is 2.23. The summed E-state index contributed by atoms with van der Waals surface area (Å²) in [6.45, 7) is 1.51. The van der Waals surface area contributed by atoms with Crippen LogP contribution in [0.4, 0.5) is 5.69 Å². The smallest absolute Gasteiger partial charge is 0.221 e. The Hall–Kier alpha value is -1.29. The van der Waals surface area contributed by atoms with Gasteiger partial charge in [-0.25, -0.2) is 0 Å². The van der Waals surface area contributed by atoms with Gasteiger partial charge >= 0.3 is 0 Å². The quantitative estimate of drug-likeness (QED) is 0.775. The number of anilines is 1. The lowest BCUT2D eigenvalue weighted by molar-refractivity contribution is -0.114. The average Bonchev–Trinajstić information content (AvgIpc) is 2.37. The fraction of sp³-hybridized carbons (Fsp3) is 0.467. The zero-order valence-electron chi connectivity index (χ0n) is 11.6. The van der Waals surface area contributed by atoms with Crippen LogP contribution in [0, 0.1) is 0 Å². The number of rotatable bonds is 7. The number of carbonyl (C=O) groups is 2. The molecule has 1 aromatic rings. The van der Waals surface area contributed by atoms with Crippen molar-refractivity contribution < 1.29 is 9.59 Å². The maximum absolute atomic E-state index is 11.1. The third-order valence-corrected chi connectivity index (χ3v) is 3.48. The van der Waals surface area contributed by atoms with Crippen molar-refractivity contribution in [2.75, 3.05) is 11.6 Å². The minimum Gasteiger partial charge on any atom is -0.326 e. The molecule has 0 aliphatic carbocycles. The summed E-state index contributed by atoms with van der Waals surface area (Å²) in [5.41, 5.74) is 2.07. The van der Waals surface area contributed by atoms with Gasteiger partial charge < -0.3 is 5.32 Å². The van der Waals surface area contributed by atoms with Gasteiger partial charge in [0.1, 0.15) is 0 Å². The number of hydrogen-bond donors (Lipinski definition) is 1. The first-order chi connectivity index (χ1) is 9.11. The van der Waals surface area contributed by atoms with Crippen LogP contribution in [0.5, 0.6) is 0 Å². The van der Waals surface area contributed by atoms with E-state index >= 15 is 0 Å². The Morgan fingerprint density at radius 2 is 2.00 bits per heavy atom. The molecule has 0 atom stereocenters. The van der Waals surface area contributed by atoms with E-state index in [9.17, 15) is 9.59 Å². The van der Waals surface area contributed by atoms with Crippen molar-refractivity contribution in [2.24, 2.45) is 0 Å². The predicted octanol–water partition coefficient (Wildman–Crippen LogP) is 3.64. The third-order valence-electron chi connectivity index (χ3n) is 2.82. The van der Waals surface area contributed by atoms with Gasteiger partial charge in [-0.15, -0.1) is 0 Å². The van der Waals surface area contributed by atoms with Crippen molar-refractivity contribution in [3.63, 3.8) is 0 Å². The number of unbranched alkanes of at least 4 members (excludes halogenated alkanes) is 2. The standard InChI is InChI=1S/C15H21NO2S/c1-12(17)16-14-9-6-8-13(11-14)7-4-3-5-10-15(18)19-2/h6,8-9,11H,3-5,7,10H2,1-2H3,(H,16,17). The summed E-state index contributed by atoms with van der Waals surface area (Å²) in [5, 5.41) is 3.05. The molecule has 3 nitrogen and oxygen atoms in total. The van der Waals surface area contributed by atoms with Gasteiger partial charge in [-0.2, -0.15) is 0 Å². The molecule has 19 heavy (non-hydrogen) atoms. The number of amides is 1. The molecule has 0 fully saturated rings. The van der Waals surface area contributed by atoms with Crippen molar-refractivity contribution in [3.8, 4) is 0 Å². The molecule has 0 unspecified atom stereocenters. The number of hydrogen-bond acceptors (Lipinski definition) is 3. The van der Waals surface area contributed by atoms with E-state index in [1.165, 1.54) is 24.2 Å². The molecule has 4 heteroatoms. The first-order valence-electron chi connectivity index (χ1n) is 6.55. The lowest BCUT2D eigenvalue weighted by atomic mass is 10.1. The van der Waals surface area contributed by atoms with Gasteiger partial charge in [-0.1, -0.05) is 30.3 Å². The van der Waals surface area contributed by atoms with E-state index < -0.39 is 0 Å². The second-order valence-corrected chi connectivity index (χ2v) is 5.38. The molecular formula is C15H21NO2S. The fourth-order valence-electron chi connectivity index (χ4n) is 1.89. The first kappa shape index (κ1) is 15.8. The van der Waals surface area contributed by atoms with Crippen molar-refractivity contribution in [2.45, 2.75) is 39.0 Å². The van der Waals surface area contributed by atoms with Gasteiger partial charge in [0.25, 0.3) is 0 Å². The van der Waals surface area contributed by atoms with Gasteiger partial charge in [-0.05, 0) is 43.2 Å². The summed E-state index contributed by atoms with van der Waals surface area (Å²) in [6.07, 6.45) is 6.59. The van der Waals surface area contributed by atoms with Crippen LogP contribution in [0.25, 0.3) is 0 Å². The Kier molecular flexibility index (Phi) is 7.26. The van der Waals surface area contributed by atoms with Gasteiger partial charge in [0.15, 0.2) is 5.12 Å². The molecule has 0 bridgehead atoms. The molecule has 0 aromatic heterocycles. The maximum atomic E-state index is 11.1. The van der Waals surface area contributed by atoms with Crippen molar-refractivity contribution in [3.05, 3.63) is 29.8 Å². The van der Waals surface area contributed by atoms with Crippen LogP contribution in [0.1, 0.15) is 38.2 Å². The molecule has 0 heterocycles. The Balaban J connectivity index is 2.29. The zero-order chi connectivity index (χ0) is 14.1. The van der Waals surface area contributed by atoms with Crippen LogP contribution in [0.3, 0.4) is 0 Å². The van der Waals surface area contributed by atoms with Crippen LogP contribution in [-0.4, -0.2) is 17.3 Å². The Bertz CT molecular complexity index is 432. The van der Waals surface area contributed by atoms with E-state index in [0.29, 0.717) is 6.42 Å². The van der Waals surface area contributed by atoms with Crippen LogP contribution >= 0.6 is 11.8 Å². The molecule has 1 amide bonds. The van der Waals surface area contributed by atoms with E-state index in [1.54, 1.807) is 0 Å². The lowest BCUT2D eigenvalue weighted by Crippen LogP contribution is -2.05. The van der Waals surface area contributed by atoms with E-state index in [2.05, 4.69) is 11.4 Å². The Morgan fingerprint density at radius 3 is 2.68 bits per heavy atom. The second-order valence-electron chi connectivity index (χ2n) is 4.52. The van der Waals surface area contributed by atoms with Crippen LogP contribution in [-0.2, 0) is 16.0 Å². The van der Waals surface area contributed by atoms with Gasteiger partial charge in [-0.3, -0.25) is 9.59 Å². The highest BCUT2D eigenvalue weighted by molar-refractivity contribution is 8.13. The minimum atomic E-state index is -0.0484. The molecule has 0 aliphatic heterocycles. The SMILES string of the molecule is CSC(=O)CCCCCc1cccc(NC(C)=O)c1. The highest BCUT2D eigenvalue weighted by Gasteiger charge is 2.00. The Morgan fingerprint density at radius 1 is 1.21 bits per heavy atom. The molecule has 104 valence electrons. The summed E-state index contributed by atoms with van der Waals surface area (Å²) in [4.78, 5) is 22.1. The van der Waals surface area contributed by atoms with Gasteiger partial charge in [0.2, 0.25) is 5.91 Å². The number of thioether (sulfide) groups is 1. The van der Waals surface area contributed by atoms with Crippen LogP contribution < -0.4 is 5.32 Å². The number of benzene rings is 1. The van der Waals surface area contributed by atoms with E-state index in [-0.39, 0.29) is 11.0 Å². The van der Waals surface area contributed by atoms with E-state index in [4.69, 9.17) is 0 Å². The average molecular weight is 279 g/mol. The summed E-state index contributed by atoms with van der Waals surface area (Å²) in [5.74, 6) is -0.0484. The van der Waals surface area contributed by atoms with Crippen LogP contribution in [0.2, 0.25) is 0 Å². The van der Waals surface area contributed by atoms with Crippen LogP contribution in [0.15, 0.2) is 24.3 Å². The largest absolute Gasteiger partial charge is 0.326 e. The molecule has 0 aliphatic rings. The first-order valence-corrected chi connectivity index (χ1v) is 7.77. The molecule has 1 rings (SSSR count). The number of carbonyl (C=O) groups excluding carboxylic acids is 2. The van der Waals surface area contributed by atoms with E-state index in [0.717, 1.165) is 31.4 Å². The molecule has 0 saturated carbocycles. The topological polar surface area (TPSA) is 46.2 Å². The Labute approximate surface area is 119 Å². The zero-order valence-corrected chi connectivity index (χ0v) is 12.4. The van der Waals surface area contributed by atoms with Gasteiger partial charge in [0.05, 0.1) is 0 Å². The summed E-state index contributed by atoms with van der Waals surface area (Å²) >= 11 is 1.31. The van der Waals surface area contributed by atoms with Crippen molar-refractivity contribution in [1.29, 1.82) is 0 Å². The summed E-state index contributed by atoms with van der Waals surface area (Å²) in [6, 6.07) is 7.92.